The Morgan fingerprint density at radius 2 is 2.14 bits per heavy atom. The van der Waals surface area contributed by atoms with E-state index in [1.165, 1.54) is 0 Å². The van der Waals surface area contributed by atoms with Crippen LogP contribution in [0.4, 0.5) is 11.8 Å². The van der Waals surface area contributed by atoms with Gasteiger partial charge in [-0.25, -0.2) is 9.51 Å². The van der Waals surface area contributed by atoms with Gasteiger partial charge in [-0.15, -0.1) is 4.52 Å². The van der Waals surface area contributed by atoms with Crippen molar-refractivity contribution in [2.24, 2.45) is 5.92 Å². The minimum Gasteiger partial charge on any atom is -0.371 e. The van der Waals surface area contributed by atoms with Gasteiger partial charge in [-0.2, -0.15) is 9.97 Å². The SMILES string of the molecule is CNc1nc(N)nc2c1ncn2[C@@H]1OC(CO[P+](=O)Oc2ccccc2)C[C@@H]1C. The van der Waals surface area contributed by atoms with E-state index in [0.29, 0.717) is 22.7 Å². The van der Waals surface area contributed by atoms with E-state index >= 15 is 0 Å². The van der Waals surface area contributed by atoms with E-state index in [1.54, 1.807) is 37.6 Å². The topological polar surface area (TPSA) is 126 Å². The van der Waals surface area contributed by atoms with Crippen molar-refractivity contribution in [3.8, 4) is 5.75 Å². The Balaban J connectivity index is 1.42. The van der Waals surface area contributed by atoms with Crippen LogP contribution in [0.5, 0.6) is 5.75 Å². The number of ether oxygens (including phenoxy) is 1. The summed E-state index contributed by atoms with van der Waals surface area (Å²) in [5.41, 5.74) is 7.04. The zero-order valence-corrected chi connectivity index (χ0v) is 17.0. The predicted octanol–water partition coefficient (Wildman–Crippen LogP) is 3.13. The number of hydrogen-bond donors (Lipinski definition) is 2. The molecule has 0 bridgehead atoms. The molecule has 4 rings (SSSR count). The number of fused-ring (bicyclic) bond motifs is 1. The lowest BCUT2D eigenvalue weighted by molar-refractivity contribution is -0.0253. The number of benzene rings is 1. The van der Waals surface area contributed by atoms with E-state index in [9.17, 15) is 4.57 Å². The molecule has 0 amide bonds. The lowest BCUT2D eigenvalue weighted by atomic mass is 10.1. The van der Waals surface area contributed by atoms with Gasteiger partial charge in [0.05, 0.1) is 12.4 Å². The molecule has 1 aliphatic heterocycles. The molecule has 1 aromatic carbocycles. The number of para-hydroxylation sites is 1. The van der Waals surface area contributed by atoms with Crippen molar-refractivity contribution in [2.45, 2.75) is 25.7 Å². The fourth-order valence-corrected chi connectivity index (χ4v) is 4.03. The number of hydrogen-bond acceptors (Lipinski definition) is 9. The smallest absolute Gasteiger partial charge is 0.371 e. The molecule has 1 fully saturated rings. The van der Waals surface area contributed by atoms with Gasteiger partial charge in [0.2, 0.25) is 5.95 Å². The highest BCUT2D eigenvalue weighted by Crippen LogP contribution is 2.38. The molecule has 4 atom stereocenters. The number of nitrogens with one attached hydrogen (secondary N) is 1. The Morgan fingerprint density at radius 1 is 1.34 bits per heavy atom. The second-order valence-electron chi connectivity index (χ2n) is 6.79. The molecule has 0 radical (unpaired) electrons. The van der Waals surface area contributed by atoms with Gasteiger partial charge >= 0.3 is 8.25 Å². The summed E-state index contributed by atoms with van der Waals surface area (Å²) < 4.78 is 30.7. The van der Waals surface area contributed by atoms with Crippen molar-refractivity contribution < 1.29 is 18.3 Å². The van der Waals surface area contributed by atoms with Crippen molar-refractivity contribution in [2.75, 3.05) is 24.7 Å². The molecule has 3 N–H and O–H groups in total. The number of anilines is 2. The fourth-order valence-electron chi connectivity index (χ4n) is 3.40. The van der Waals surface area contributed by atoms with Crippen LogP contribution in [0.15, 0.2) is 36.7 Å². The highest BCUT2D eigenvalue weighted by Gasteiger charge is 2.37. The number of nitrogen functional groups attached to an aromatic ring is 1. The Kier molecular flexibility index (Phi) is 5.57. The first-order chi connectivity index (χ1) is 14.0. The van der Waals surface area contributed by atoms with Crippen molar-refractivity contribution in [3.05, 3.63) is 36.7 Å². The van der Waals surface area contributed by atoms with Gasteiger partial charge in [-0.3, -0.25) is 4.57 Å². The molecule has 2 aromatic heterocycles. The van der Waals surface area contributed by atoms with Gasteiger partial charge in [-0.1, -0.05) is 25.1 Å². The van der Waals surface area contributed by atoms with Crippen LogP contribution < -0.4 is 15.6 Å². The molecule has 0 spiro atoms. The molecule has 10 nitrogen and oxygen atoms in total. The number of nitrogens with zero attached hydrogens (tertiary/aromatic N) is 4. The zero-order chi connectivity index (χ0) is 20.4. The van der Waals surface area contributed by atoms with Crippen molar-refractivity contribution in [1.82, 2.24) is 19.5 Å². The first-order valence-electron chi connectivity index (χ1n) is 9.21. The third-order valence-corrected chi connectivity index (χ3v) is 5.41. The summed E-state index contributed by atoms with van der Waals surface area (Å²) in [6.07, 6.45) is 1.88. The summed E-state index contributed by atoms with van der Waals surface area (Å²) in [6, 6.07) is 8.90. The van der Waals surface area contributed by atoms with E-state index in [-0.39, 0.29) is 30.8 Å². The molecule has 0 saturated carbocycles. The monoisotopic (exact) mass is 417 g/mol. The predicted molar refractivity (Wildman–Crippen MR) is 108 cm³/mol. The second-order valence-corrected chi connectivity index (χ2v) is 7.68. The third-order valence-electron chi connectivity index (χ3n) is 4.69. The molecule has 29 heavy (non-hydrogen) atoms. The Labute approximate surface area is 168 Å². The standard InChI is InChI=1S/C18H22N6O4P/c1-11-8-13(9-26-29(25)28-12-6-4-3-5-7-12)27-17(11)24-10-21-14-15(20-2)22-18(19)23-16(14)24/h3-7,10-11,13,17H,8-9H2,1-2H3,(H3,19,20,22,23)/q+1/t11-,13?,17+/m0/s1. The molecule has 11 heteroatoms. The van der Waals surface area contributed by atoms with Gasteiger partial charge in [0.15, 0.2) is 22.7 Å². The minimum atomic E-state index is -2.28. The summed E-state index contributed by atoms with van der Waals surface area (Å²) in [5, 5.41) is 2.97. The third kappa shape index (κ3) is 4.14. The lowest BCUT2D eigenvalue weighted by Crippen LogP contribution is -2.16. The largest absolute Gasteiger partial charge is 0.750 e. The number of aromatic nitrogens is 4. The van der Waals surface area contributed by atoms with Crippen LogP contribution in [0.3, 0.4) is 0 Å². The summed E-state index contributed by atoms with van der Waals surface area (Å²) in [6.45, 7) is 2.23. The van der Waals surface area contributed by atoms with Crippen LogP contribution in [-0.4, -0.2) is 39.3 Å². The van der Waals surface area contributed by atoms with Crippen molar-refractivity contribution >= 4 is 31.2 Å². The molecule has 152 valence electrons. The summed E-state index contributed by atoms with van der Waals surface area (Å²) in [5.74, 6) is 1.38. The fraction of sp³-hybridized carbons (Fsp3) is 0.389. The molecule has 3 heterocycles. The first-order valence-corrected chi connectivity index (χ1v) is 10.3. The molecule has 1 saturated heterocycles. The van der Waals surface area contributed by atoms with Crippen molar-refractivity contribution in [1.29, 1.82) is 0 Å². The highest BCUT2D eigenvalue weighted by atomic mass is 31.1. The van der Waals surface area contributed by atoms with Crippen molar-refractivity contribution in [3.63, 3.8) is 0 Å². The second kappa shape index (κ2) is 8.28. The molecule has 2 unspecified atom stereocenters. The minimum absolute atomic E-state index is 0.157. The maximum absolute atomic E-state index is 12.0. The summed E-state index contributed by atoms with van der Waals surface area (Å²) in [7, 11) is -0.529. The molecule has 1 aliphatic rings. The van der Waals surface area contributed by atoms with Crippen LogP contribution in [0.1, 0.15) is 19.6 Å². The Bertz CT molecular complexity index is 1010. The summed E-state index contributed by atoms with van der Waals surface area (Å²) in [4.78, 5) is 12.9. The van der Waals surface area contributed by atoms with Crippen LogP contribution >= 0.6 is 8.25 Å². The molecule has 3 aromatic rings. The maximum atomic E-state index is 12.0. The van der Waals surface area contributed by atoms with E-state index in [1.807, 2.05) is 10.6 Å². The van der Waals surface area contributed by atoms with Crippen LogP contribution in [-0.2, 0) is 13.8 Å². The van der Waals surface area contributed by atoms with Gasteiger partial charge in [0.25, 0.3) is 0 Å². The van der Waals surface area contributed by atoms with Crippen LogP contribution in [0.25, 0.3) is 11.2 Å². The Hall–Kier alpha value is -2.81. The van der Waals surface area contributed by atoms with E-state index in [0.717, 1.165) is 6.42 Å². The van der Waals surface area contributed by atoms with Gasteiger partial charge in [-0.05, 0) is 18.6 Å². The normalized spacial score (nSPS) is 22.0. The van der Waals surface area contributed by atoms with Gasteiger partial charge in [0.1, 0.15) is 12.8 Å². The molecular weight excluding hydrogens is 395 g/mol. The summed E-state index contributed by atoms with van der Waals surface area (Å²) >= 11 is 0. The average molecular weight is 417 g/mol. The molecule has 0 aliphatic carbocycles. The molecular formula is C18H22N6O4P+. The van der Waals surface area contributed by atoms with Gasteiger partial charge in [0, 0.05) is 17.5 Å². The lowest BCUT2D eigenvalue weighted by Gasteiger charge is -2.17. The highest BCUT2D eigenvalue weighted by molar-refractivity contribution is 7.33. The van der Waals surface area contributed by atoms with Crippen LogP contribution in [0.2, 0.25) is 0 Å². The van der Waals surface area contributed by atoms with E-state index in [2.05, 4.69) is 27.2 Å². The number of imidazole rings is 1. The zero-order valence-electron chi connectivity index (χ0n) is 16.1. The first kappa shape index (κ1) is 19.5. The average Bonchev–Trinajstić information content (AvgIpc) is 3.29. The van der Waals surface area contributed by atoms with E-state index < -0.39 is 8.25 Å². The Morgan fingerprint density at radius 3 is 2.90 bits per heavy atom. The van der Waals surface area contributed by atoms with Gasteiger partial charge < -0.3 is 15.8 Å². The number of nitrogens with two attached hydrogens (primary N) is 1. The number of rotatable bonds is 7. The maximum Gasteiger partial charge on any atom is 0.750 e. The quantitative estimate of drug-likeness (QED) is 0.557. The van der Waals surface area contributed by atoms with Crippen LogP contribution in [0, 0.1) is 5.92 Å². The van der Waals surface area contributed by atoms with E-state index in [4.69, 9.17) is 19.5 Å².